The van der Waals surface area contributed by atoms with Crippen molar-refractivity contribution in [3.63, 3.8) is 0 Å². The number of carbonyl (C=O) groups is 1. The standard InChI is InChI=1S/C14H24N2O3.2C2H6.CH4O/c1-9(14(3,4)5)13-16-11(10(2)19-13)12(18)15-7-6-8-17;3*1-2/h9,17H,6-8H2,1-5H3,(H,15,18);2*1-2H3;2H,1H3. The van der Waals surface area contributed by atoms with Crippen LogP contribution in [-0.2, 0) is 0 Å². The van der Waals surface area contributed by atoms with Gasteiger partial charge in [0.05, 0.1) is 0 Å². The van der Waals surface area contributed by atoms with E-state index in [1.54, 1.807) is 6.92 Å². The number of aryl methyl sites for hydroxylation is 1. The normalized spacial score (nSPS) is 10.9. The maximum absolute atomic E-state index is 11.9. The van der Waals surface area contributed by atoms with Crippen molar-refractivity contribution in [2.75, 3.05) is 20.3 Å². The number of aromatic nitrogens is 1. The molecule has 3 N–H and O–H groups in total. The molecule has 6 heteroatoms. The van der Waals surface area contributed by atoms with Crippen LogP contribution in [0.5, 0.6) is 0 Å². The molecule has 0 aliphatic rings. The van der Waals surface area contributed by atoms with Gasteiger partial charge in [-0.05, 0) is 18.8 Å². The molecule has 1 aromatic heterocycles. The Balaban J connectivity index is -0.000000725. The molecule has 150 valence electrons. The lowest BCUT2D eigenvalue weighted by atomic mass is 9.82. The molecule has 25 heavy (non-hydrogen) atoms. The predicted molar refractivity (Wildman–Crippen MR) is 104 cm³/mol. The average Bonchev–Trinajstić information content (AvgIpc) is 3.00. The summed E-state index contributed by atoms with van der Waals surface area (Å²) in [5, 5.41) is 18.4. The molecule has 0 saturated carbocycles. The number of rotatable bonds is 5. The molecule has 0 radical (unpaired) electrons. The molecule has 1 unspecified atom stereocenters. The molecule has 1 amide bonds. The minimum atomic E-state index is -0.248. The van der Waals surface area contributed by atoms with Crippen molar-refractivity contribution in [3.05, 3.63) is 17.3 Å². The zero-order chi connectivity index (χ0) is 20.6. The van der Waals surface area contributed by atoms with Crippen LogP contribution in [0.1, 0.15) is 89.9 Å². The third kappa shape index (κ3) is 10.9. The van der Waals surface area contributed by atoms with Crippen LogP contribution in [0.4, 0.5) is 0 Å². The summed E-state index contributed by atoms with van der Waals surface area (Å²) in [5.74, 6) is 1.01. The van der Waals surface area contributed by atoms with E-state index < -0.39 is 0 Å². The first-order valence-electron chi connectivity index (χ1n) is 9.08. The second-order valence-electron chi connectivity index (χ2n) is 5.88. The molecular weight excluding hydrogens is 320 g/mol. The highest BCUT2D eigenvalue weighted by atomic mass is 16.4. The van der Waals surface area contributed by atoms with E-state index in [-0.39, 0.29) is 23.8 Å². The molecule has 6 nitrogen and oxygen atoms in total. The summed E-state index contributed by atoms with van der Waals surface area (Å²) in [5.41, 5.74) is 0.367. The van der Waals surface area contributed by atoms with Crippen LogP contribution in [0.3, 0.4) is 0 Å². The van der Waals surface area contributed by atoms with Gasteiger partial charge >= 0.3 is 0 Å². The first-order valence-corrected chi connectivity index (χ1v) is 9.08. The molecule has 0 aliphatic carbocycles. The predicted octanol–water partition coefficient (Wildman–Crippen LogP) is 3.91. The summed E-state index contributed by atoms with van der Waals surface area (Å²) in [6.07, 6.45) is 0.536. The van der Waals surface area contributed by atoms with Gasteiger partial charge in [0.15, 0.2) is 11.6 Å². The van der Waals surface area contributed by atoms with E-state index in [0.717, 1.165) is 7.11 Å². The van der Waals surface area contributed by atoms with Crippen molar-refractivity contribution in [1.82, 2.24) is 10.3 Å². The zero-order valence-electron chi connectivity index (χ0n) is 17.9. The number of hydrogen-bond acceptors (Lipinski definition) is 5. The summed E-state index contributed by atoms with van der Waals surface area (Å²) in [6.45, 7) is 18.6. The Morgan fingerprint density at radius 2 is 1.68 bits per heavy atom. The van der Waals surface area contributed by atoms with Gasteiger partial charge in [-0.1, -0.05) is 55.4 Å². The van der Waals surface area contributed by atoms with E-state index in [1.807, 2.05) is 34.6 Å². The largest absolute Gasteiger partial charge is 0.445 e. The minimum absolute atomic E-state index is 0.0297. The number of oxazole rings is 1. The third-order valence-electron chi connectivity index (χ3n) is 3.32. The highest BCUT2D eigenvalue weighted by Crippen LogP contribution is 2.34. The number of nitrogens with zero attached hydrogens (tertiary/aromatic N) is 1. The molecule has 0 saturated heterocycles. The Labute approximate surface area is 154 Å². The first-order chi connectivity index (χ1) is 11.8. The molecule has 0 spiro atoms. The lowest BCUT2D eigenvalue weighted by Gasteiger charge is -2.24. The van der Waals surface area contributed by atoms with E-state index >= 15 is 0 Å². The molecule has 0 fully saturated rings. The molecule has 1 rings (SSSR count). The summed E-state index contributed by atoms with van der Waals surface area (Å²) in [7, 11) is 1.00. The highest BCUT2D eigenvalue weighted by molar-refractivity contribution is 5.93. The van der Waals surface area contributed by atoms with Gasteiger partial charge in [-0.25, -0.2) is 4.98 Å². The maximum atomic E-state index is 11.9. The van der Waals surface area contributed by atoms with Crippen molar-refractivity contribution in [2.24, 2.45) is 5.41 Å². The number of hydrogen-bond donors (Lipinski definition) is 3. The number of amides is 1. The first kappa shape index (κ1) is 28.4. The van der Waals surface area contributed by atoms with Gasteiger partial charge in [0, 0.05) is 26.2 Å². The van der Waals surface area contributed by atoms with Crippen molar-refractivity contribution < 1.29 is 19.4 Å². The Morgan fingerprint density at radius 3 is 2.08 bits per heavy atom. The Morgan fingerprint density at radius 1 is 1.20 bits per heavy atom. The molecule has 0 aliphatic heterocycles. The van der Waals surface area contributed by atoms with Gasteiger partial charge in [-0.15, -0.1) is 0 Å². The SMILES string of the molecule is CC.CC.CO.Cc1oc(C(C)C(C)(C)C)nc1C(=O)NCCCO. The molecule has 1 atom stereocenters. The maximum Gasteiger partial charge on any atom is 0.273 e. The van der Waals surface area contributed by atoms with Crippen LogP contribution < -0.4 is 5.32 Å². The van der Waals surface area contributed by atoms with Crippen LogP contribution >= 0.6 is 0 Å². The van der Waals surface area contributed by atoms with E-state index in [9.17, 15) is 4.79 Å². The number of aliphatic hydroxyl groups is 2. The summed E-state index contributed by atoms with van der Waals surface area (Å²) in [4.78, 5) is 16.2. The quantitative estimate of drug-likeness (QED) is 0.692. The van der Waals surface area contributed by atoms with Gasteiger partial charge in [0.25, 0.3) is 5.91 Å². The second kappa shape index (κ2) is 16.1. The number of aliphatic hydroxyl groups excluding tert-OH is 2. The monoisotopic (exact) mass is 360 g/mol. The van der Waals surface area contributed by atoms with Crippen molar-refractivity contribution in [3.8, 4) is 0 Å². The van der Waals surface area contributed by atoms with Crippen LogP contribution in [0.25, 0.3) is 0 Å². The number of nitrogens with one attached hydrogen (secondary N) is 1. The lowest BCUT2D eigenvalue weighted by molar-refractivity contribution is 0.0945. The third-order valence-corrected chi connectivity index (χ3v) is 3.32. The fourth-order valence-electron chi connectivity index (χ4n) is 1.55. The van der Waals surface area contributed by atoms with Gasteiger partial charge in [-0.2, -0.15) is 0 Å². The highest BCUT2D eigenvalue weighted by Gasteiger charge is 2.28. The Kier molecular flexibility index (Phi) is 18.3. The number of carbonyl (C=O) groups excluding carboxylic acids is 1. The van der Waals surface area contributed by atoms with E-state index in [1.165, 1.54) is 0 Å². The van der Waals surface area contributed by atoms with Crippen LogP contribution in [0, 0.1) is 12.3 Å². The summed E-state index contributed by atoms with van der Waals surface area (Å²) >= 11 is 0. The molecule has 1 heterocycles. The minimum Gasteiger partial charge on any atom is -0.445 e. The fourth-order valence-corrected chi connectivity index (χ4v) is 1.55. The van der Waals surface area contributed by atoms with Gasteiger partial charge in [-0.3, -0.25) is 4.79 Å². The van der Waals surface area contributed by atoms with E-state index in [0.29, 0.717) is 30.3 Å². The van der Waals surface area contributed by atoms with E-state index in [2.05, 4.69) is 31.1 Å². The van der Waals surface area contributed by atoms with Crippen molar-refractivity contribution in [1.29, 1.82) is 0 Å². The van der Waals surface area contributed by atoms with E-state index in [4.69, 9.17) is 14.6 Å². The van der Waals surface area contributed by atoms with Crippen LogP contribution in [0.2, 0.25) is 0 Å². The topological polar surface area (TPSA) is 95.6 Å². The molecule has 0 bridgehead atoms. The van der Waals surface area contributed by atoms with Gasteiger partial charge in [0.2, 0.25) is 0 Å². The smallest absolute Gasteiger partial charge is 0.273 e. The van der Waals surface area contributed by atoms with Crippen LogP contribution in [0.15, 0.2) is 4.42 Å². The molecular formula is C19H40N2O4. The molecule has 0 aromatic carbocycles. The van der Waals surface area contributed by atoms with Crippen LogP contribution in [-0.4, -0.2) is 41.4 Å². The van der Waals surface area contributed by atoms with Gasteiger partial charge < -0.3 is 19.9 Å². The average molecular weight is 361 g/mol. The fraction of sp³-hybridized carbons (Fsp3) is 0.789. The van der Waals surface area contributed by atoms with Gasteiger partial charge in [0.1, 0.15) is 5.76 Å². The summed E-state index contributed by atoms with van der Waals surface area (Å²) < 4.78 is 5.61. The lowest BCUT2D eigenvalue weighted by Crippen LogP contribution is -2.26. The zero-order valence-corrected chi connectivity index (χ0v) is 17.9. The van der Waals surface area contributed by atoms with Crippen molar-refractivity contribution >= 4 is 5.91 Å². The summed E-state index contributed by atoms with van der Waals surface area (Å²) in [6, 6.07) is 0. The Bertz CT molecular complexity index is 437. The second-order valence-corrected chi connectivity index (χ2v) is 5.88. The van der Waals surface area contributed by atoms with Crippen molar-refractivity contribution in [2.45, 2.75) is 74.7 Å². The molecule has 1 aromatic rings. The Hall–Kier alpha value is -1.40.